The van der Waals surface area contributed by atoms with Crippen LogP contribution in [0.1, 0.15) is 22.0 Å². The molecule has 0 spiro atoms. The third kappa shape index (κ3) is 7.53. The highest BCUT2D eigenvalue weighted by molar-refractivity contribution is 7.60. The predicted molar refractivity (Wildman–Crippen MR) is 90.6 cm³/mol. The molecule has 0 saturated carbocycles. The summed E-state index contributed by atoms with van der Waals surface area (Å²) < 4.78 is 32.1. The number of aromatic nitrogens is 3. The Morgan fingerprint density at radius 2 is 1.96 bits per heavy atom. The maximum Gasteiger partial charge on any atom is 0.481 e. The van der Waals surface area contributed by atoms with Gasteiger partial charge in [-0.05, 0) is 6.92 Å². The molecular weight excluding hydrogens is 444 g/mol. The zero-order valence-electron chi connectivity index (χ0n) is 14.2. The van der Waals surface area contributed by atoms with E-state index in [0.717, 1.165) is 10.6 Å². The van der Waals surface area contributed by atoms with E-state index >= 15 is 0 Å². The van der Waals surface area contributed by atoms with E-state index in [9.17, 15) is 18.8 Å². The minimum Gasteiger partial charge on any atom is -1.00 e. The molecule has 4 N–H and O–H groups in total. The maximum atomic E-state index is 11.9. The molecule has 1 unspecified atom stereocenters. The molecule has 0 aliphatic heterocycles. The summed E-state index contributed by atoms with van der Waals surface area (Å²) in [6.07, 6.45) is 1.73. The summed E-state index contributed by atoms with van der Waals surface area (Å²) in [6.45, 7) is 3.53. The van der Waals surface area contributed by atoms with E-state index in [0.29, 0.717) is 17.9 Å². The Morgan fingerprint density at radius 1 is 1.30 bits per heavy atom. The number of nitrogens with one attached hydrogen (secondary N) is 1. The lowest BCUT2D eigenvalue weighted by molar-refractivity contribution is -0.689. The number of phosphoric ester groups is 1. The van der Waals surface area contributed by atoms with Crippen LogP contribution in [0, 0.1) is 13.8 Å². The summed E-state index contributed by atoms with van der Waals surface area (Å²) in [5.41, 5.74) is 2.87. The number of nitrogens with zero attached hydrogens (tertiary/aromatic N) is 2. The molecule has 0 saturated heterocycles. The van der Waals surface area contributed by atoms with Crippen molar-refractivity contribution in [1.82, 2.24) is 9.97 Å². The minimum atomic E-state index is -5.13. The summed E-state index contributed by atoms with van der Waals surface area (Å²) in [5, 5.41) is 0. The number of thiazole rings is 1. The molecule has 15 heteroatoms. The fourth-order valence-electron chi connectivity index (χ4n) is 2.07. The zero-order valence-corrected chi connectivity index (χ0v) is 17.6. The number of hydrogen-bond donors (Lipinski definition) is 4. The summed E-state index contributed by atoms with van der Waals surface area (Å²) in [5.74, 6) is 0.523. The summed E-state index contributed by atoms with van der Waals surface area (Å²) in [7, 11) is -9.97. The standard InChI is InChI=1S/C12H17N3O8P2S.ClH/c1-8-11(3-4-22-25(20,21)23-24(17,18)19)26-7-15(8)6-10-5-13-9(2)14-12(10)16;/h5,7H,3-4,6H2,1-2H3,(H3-,13,14,16,17,18,19,20,21);1H. The highest BCUT2D eigenvalue weighted by Crippen LogP contribution is 2.57. The molecule has 0 fully saturated rings. The number of hydrogen-bond acceptors (Lipinski definition) is 7. The summed E-state index contributed by atoms with van der Waals surface area (Å²) in [4.78, 5) is 45.7. The number of H-pyrrole nitrogens is 1. The third-order valence-corrected chi connectivity index (χ3v) is 6.62. The Labute approximate surface area is 164 Å². The van der Waals surface area contributed by atoms with E-state index in [4.69, 9.17) is 9.79 Å². The Hall–Kier alpha value is -0.940. The van der Waals surface area contributed by atoms with Crippen LogP contribution in [0.15, 0.2) is 16.5 Å². The Kier molecular flexibility index (Phi) is 8.49. The van der Waals surface area contributed by atoms with Gasteiger partial charge in [-0.2, -0.15) is 8.88 Å². The van der Waals surface area contributed by atoms with Gasteiger partial charge in [0.25, 0.3) is 5.56 Å². The lowest BCUT2D eigenvalue weighted by atomic mass is 10.3. The van der Waals surface area contributed by atoms with Crippen LogP contribution in [0.2, 0.25) is 0 Å². The second kappa shape index (κ2) is 9.51. The first-order chi connectivity index (χ1) is 12.0. The van der Waals surface area contributed by atoms with Crippen LogP contribution in [-0.2, 0) is 30.9 Å². The van der Waals surface area contributed by atoms with Crippen molar-refractivity contribution in [2.45, 2.75) is 26.8 Å². The van der Waals surface area contributed by atoms with Gasteiger partial charge in [0, 0.05) is 19.5 Å². The molecule has 0 aliphatic rings. The van der Waals surface area contributed by atoms with Gasteiger partial charge >= 0.3 is 15.6 Å². The number of phosphoric acid groups is 2. The van der Waals surface area contributed by atoms with Crippen LogP contribution in [-0.4, -0.2) is 31.3 Å². The van der Waals surface area contributed by atoms with Gasteiger partial charge in [-0.1, -0.05) is 11.3 Å². The van der Waals surface area contributed by atoms with Gasteiger partial charge in [0.2, 0.25) is 5.51 Å². The molecule has 0 bridgehead atoms. The van der Waals surface area contributed by atoms with Crippen molar-refractivity contribution in [2.24, 2.45) is 0 Å². The largest absolute Gasteiger partial charge is 1.00 e. The zero-order chi connectivity index (χ0) is 19.5. The topological polar surface area (TPSA) is 163 Å². The predicted octanol–water partition coefficient (Wildman–Crippen LogP) is -2.44. The van der Waals surface area contributed by atoms with Gasteiger partial charge in [-0.3, -0.25) is 9.32 Å². The van der Waals surface area contributed by atoms with Crippen LogP contribution in [0.3, 0.4) is 0 Å². The molecule has 11 nitrogen and oxygen atoms in total. The van der Waals surface area contributed by atoms with Crippen LogP contribution in [0.5, 0.6) is 0 Å². The maximum absolute atomic E-state index is 11.9. The Balaban J connectivity index is 0.00000364. The van der Waals surface area contributed by atoms with E-state index in [1.807, 2.05) is 11.5 Å². The molecule has 2 aromatic rings. The number of halogens is 1. The first kappa shape index (κ1) is 24.1. The van der Waals surface area contributed by atoms with Crippen molar-refractivity contribution in [1.29, 1.82) is 0 Å². The van der Waals surface area contributed by atoms with Crippen LogP contribution in [0.25, 0.3) is 0 Å². The minimum absolute atomic E-state index is 0. The second-order valence-electron chi connectivity index (χ2n) is 5.31. The number of aromatic amines is 1. The molecule has 0 aliphatic carbocycles. The normalized spacial score (nSPS) is 13.8. The van der Waals surface area contributed by atoms with Gasteiger partial charge in [-0.25, -0.2) is 14.1 Å². The molecule has 27 heavy (non-hydrogen) atoms. The van der Waals surface area contributed by atoms with Crippen molar-refractivity contribution in [3.05, 3.63) is 44.0 Å². The van der Waals surface area contributed by atoms with Gasteiger partial charge in [0.05, 0.1) is 11.5 Å². The fourth-order valence-corrected chi connectivity index (χ4v) is 4.63. The van der Waals surface area contributed by atoms with Gasteiger partial charge in [0.15, 0.2) is 12.2 Å². The van der Waals surface area contributed by atoms with Crippen molar-refractivity contribution >= 4 is 27.0 Å². The molecule has 2 heterocycles. The van der Waals surface area contributed by atoms with Crippen LogP contribution in [0.4, 0.5) is 0 Å². The monoisotopic (exact) mass is 461 g/mol. The van der Waals surface area contributed by atoms with E-state index in [1.54, 1.807) is 12.4 Å². The Morgan fingerprint density at radius 3 is 2.56 bits per heavy atom. The highest BCUT2D eigenvalue weighted by Gasteiger charge is 2.32. The molecule has 2 aromatic heterocycles. The smallest absolute Gasteiger partial charge is 0.481 e. The summed E-state index contributed by atoms with van der Waals surface area (Å²) in [6, 6.07) is 0. The van der Waals surface area contributed by atoms with Gasteiger partial charge in [-0.15, -0.1) is 0 Å². The van der Waals surface area contributed by atoms with E-state index in [2.05, 4.69) is 18.8 Å². The highest BCUT2D eigenvalue weighted by atomic mass is 35.5. The fraction of sp³-hybridized carbons (Fsp3) is 0.417. The molecule has 0 aromatic carbocycles. The molecule has 0 radical (unpaired) electrons. The van der Waals surface area contributed by atoms with Gasteiger partial charge < -0.3 is 32.1 Å². The quantitative estimate of drug-likeness (QED) is 0.247. The number of aryl methyl sites for hydroxylation is 1. The van der Waals surface area contributed by atoms with Crippen LogP contribution >= 0.6 is 27.0 Å². The molecule has 1 atom stereocenters. The lowest BCUT2D eigenvalue weighted by Crippen LogP contribution is -3.00. The van der Waals surface area contributed by atoms with Crippen molar-refractivity contribution < 1.29 is 49.6 Å². The van der Waals surface area contributed by atoms with E-state index in [-0.39, 0.29) is 31.0 Å². The average Bonchev–Trinajstić information content (AvgIpc) is 2.80. The Bertz CT molecular complexity index is 943. The summed E-state index contributed by atoms with van der Waals surface area (Å²) >= 11 is 1.35. The SMILES string of the molecule is Cc1ncc(C[n+]2csc(CCOP(=O)(O)OP(=O)(O)O)c2C)c(=O)[nH]1.[Cl-]. The van der Waals surface area contributed by atoms with E-state index in [1.165, 1.54) is 17.5 Å². The molecule has 0 amide bonds. The van der Waals surface area contributed by atoms with Crippen molar-refractivity contribution in [2.75, 3.05) is 6.61 Å². The van der Waals surface area contributed by atoms with Crippen molar-refractivity contribution in [3.8, 4) is 0 Å². The van der Waals surface area contributed by atoms with Gasteiger partial charge in [0.1, 0.15) is 11.4 Å². The second-order valence-corrected chi connectivity index (χ2v) is 9.08. The lowest BCUT2D eigenvalue weighted by Gasteiger charge is -2.11. The van der Waals surface area contributed by atoms with Crippen molar-refractivity contribution in [3.63, 3.8) is 0 Å². The number of rotatable bonds is 8. The molecule has 152 valence electrons. The van der Waals surface area contributed by atoms with Crippen LogP contribution < -0.4 is 22.5 Å². The average molecular weight is 462 g/mol. The third-order valence-electron chi connectivity index (χ3n) is 3.29. The molecular formula is C12H18ClN3O8P2S. The molecule has 2 rings (SSSR count). The first-order valence-electron chi connectivity index (χ1n) is 7.22. The van der Waals surface area contributed by atoms with E-state index < -0.39 is 15.6 Å². The first-order valence-corrected chi connectivity index (χ1v) is 11.1.